The lowest BCUT2D eigenvalue weighted by atomic mass is 10.1. The van der Waals surface area contributed by atoms with E-state index >= 15 is 0 Å². The van der Waals surface area contributed by atoms with Crippen LogP contribution in [0.2, 0.25) is 0 Å². The van der Waals surface area contributed by atoms with E-state index in [9.17, 15) is 9.59 Å². The van der Waals surface area contributed by atoms with Gasteiger partial charge in [-0.2, -0.15) is 0 Å². The zero-order valence-electron chi connectivity index (χ0n) is 16.9. The van der Waals surface area contributed by atoms with Crippen molar-refractivity contribution in [3.05, 3.63) is 64.4 Å². The van der Waals surface area contributed by atoms with E-state index in [0.717, 1.165) is 5.56 Å². The maximum Gasteiger partial charge on any atom is 0.266 e. The number of rotatable bonds is 6. The topological polar surface area (TPSA) is 79.3 Å². The Morgan fingerprint density at radius 1 is 1.03 bits per heavy atom. The zero-order valence-corrected chi connectivity index (χ0v) is 17.7. The lowest BCUT2D eigenvalue weighted by Crippen LogP contribution is -2.30. The minimum atomic E-state index is -0.0712. The molecule has 0 bridgehead atoms. The van der Waals surface area contributed by atoms with Gasteiger partial charge in [0, 0.05) is 45.1 Å². The third-order valence-corrected chi connectivity index (χ3v) is 5.54. The summed E-state index contributed by atoms with van der Waals surface area (Å²) < 4.78 is 0. The van der Waals surface area contributed by atoms with Gasteiger partial charge in [0.15, 0.2) is 10.8 Å². The quantitative estimate of drug-likeness (QED) is 0.624. The largest absolute Gasteiger partial charge is 0.345 e. The van der Waals surface area contributed by atoms with Gasteiger partial charge in [-0.05, 0) is 37.6 Å². The van der Waals surface area contributed by atoms with Gasteiger partial charge in [0.2, 0.25) is 0 Å². The van der Waals surface area contributed by atoms with Crippen molar-refractivity contribution in [2.45, 2.75) is 20.4 Å². The Morgan fingerprint density at radius 2 is 1.69 bits per heavy atom. The first kappa shape index (κ1) is 20.6. The first-order valence-electron chi connectivity index (χ1n) is 9.25. The summed E-state index contributed by atoms with van der Waals surface area (Å²) >= 11 is 1.31. The normalized spacial score (nSPS) is 10.6. The Morgan fingerprint density at radius 3 is 2.28 bits per heavy atom. The van der Waals surface area contributed by atoms with Crippen LogP contribution in [0.3, 0.4) is 0 Å². The van der Waals surface area contributed by atoms with Crippen molar-refractivity contribution in [1.29, 1.82) is 0 Å². The summed E-state index contributed by atoms with van der Waals surface area (Å²) in [4.78, 5) is 41.9. The van der Waals surface area contributed by atoms with Crippen LogP contribution in [0.5, 0.6) is 0 Å². The minimum absolute atomic E-state index is 0.0454. The van der Waals surface area contributed by atoms with Gasteiger partial charge in [0.1, 0.15) is 4.88 Å². The molecular weight excluding hydrogens is 386 g/mol. The van der Waals surface area contributed by atoms with E-state index in [2.05, 4.69) is 15.0 Å². The van der Waals surface area contributed by atoms with E-state index in [1.54, 1.807) is 49.6 Å². The van der Waals surface area contributed by atoms with E-state index in [-0.39, 0.29) is 11.8 Å². The highest BCUT2D eigenvalue weighted by atomic mass is 32.1. The molecule has 3 rings (SSSR count). The number of carbonyl (C=O) groups is 2. The molecule has 0 saturated heterocycles. The summed E-state index contributed by atoms with van der Waals surface area (Å²) in [7, 11) is 3.44. The second-order valence-electron chi connectivity index (χ2n) is 6.72. The van der Waals surface area contributed by atoms with Crippen LogP contribution in [0.25, 0.3) is 10.8 Å². The lowest BCUT2D eigenvalue weighted by Gasteiger charge is -2.20. The fraction of sp³-hybridized carbons (Fsp3) is 0.286. The molecule has 7 nitrogen and oxygen atoms in total. The maximum atomic E-state index is 13.1. The number of hydrogen-bond donors (Lipinski definition) is 0. The second kappa shape index (κ2) is 8.91. The van der Waals surface area contributed by atoms with E-state index in [0.29, 0.717) is 40.1 Å². The highest BCUT2D eigenvalue weighted by molar-refractivity contribution is 7.17. The number of aryl methyl sites for hydroxylation is 1. The summed E-state index contributed by atoms with van der Waals surface area (Å²) in [6.45, 7) is 4.79. The van der Waals surface area contributed by atoms with E-state index in [1.807, 2.05) is 26.0 Å². The van der Waals surface area contributed by atoms with Crippen LogP contribution in [-0.4, -0.2) is 57.2 Å². The molecule has 0 radical (unpaired) electrons. The fourth-order valence-electron chi connectivity index (χ4n) is 2.80. The van der Waals surface area contributed by atoms with Crippen LogP contribution >= 0.6 is 11.3 Å². The van der Waals surface area contributed by atoms with Crippen molar-refractivity contribution in [2.75, 3.05) is 20.6 Å². The molecule has 0 unspecified atom stereocenters. The molecular formula is C21H23N5O2S. The van der Waals surface area contributed by atoms with Gasteiger partial charge in [0.25, 0.3) is 11.8 Å². The molecule has 0 aliphatic heterocycles. The van der Waals surface area contributed by atoms with Crippen molar-refractivity contribution in [2.24, 2.45) is 0 Å². The monoisotopic (exact) mass is 409 g/mol. The molecule has 2 heterocycles. The summed E-state index contributed by atoms with van der Waals surface area (Å²) in [5.41, 5.74) is 2.26. The van der Waals surface area contributed by atoms with Crippen LogP contribution in [0.1, 0.15) is 38.2 Å². The van der Waals surface area contributed by atoms with Crippen LogP contribution < -0.4 is 0 Å². The molecule has 2 aromatic heterocycles. The molecule has 3 aromatic rings. The van der Waals surface area contributed by atoms with Gasteiger partial charge in [-0.3, -0.25) is 9.59 Å². The summed E-state index contributed by atoms with van der Waals surface area (Å²) in [5, 5.41) is 0.633. The van der Waals surface area contributed by atoms with Crippen LogP contribution in [0.15, 0.2) is 42.7 Å². The fourth-order valence-corrected chi connectivity index (χ4v) is 3.78. The lowest BCUT2D eigenvalue weighted by molar-refractivity contribution is 0.0755. The maximum absolute atomic E-state index is 13.1. The van der Waals surface area contributed by atoms with E-state index in [4.69, 9.17) is 0 Å². The third kappa shape index (κ3) is 4.65. The number of aromatic nitrogens is 3. The molecule has 0 spiro atoms. The summed E-state index contributed by atoms with van der Waals surface area (Å²) in [5.74, 6) is 0.401. The Labute approximate surface area is 174 Å². The average Bonchev–Trinajstić information content (AvgIpc) is 3.13. The third-order valence-electron chi connectivity index (χ3n) is 4.40. The molecule has 0 N–H and O–H groups in total. The predicted molar refractivity (Wildman–Crippen MR) is 113 cm³/mol. The SMILES string of the molecule is CCN(Cc1ccc(C(=O)N(C)C)cc1)C(=O)c1sc(-c2ncccn2)nc1C. The predicted octanol–water partition coefficient (Wildman–Crippen LogP) is 3.27. The molecule has 1 aromatic carbocycles. The van der Waals surface area contributed by atoms with E-state index in [1.165, 1.54) is 16.2 Å². The van der Waals surface area contributed by atoms with Gasteiger partial charge in [0.05, 0.1) is 5.69 Å². The molecule has 0 saturated carbocycles. The number of benzene rings is 1. The molecule has 0 atom stereocenters. The first-order valence-corrected chi connectivity index (χ1v) is 10.1. The van der Waals surface area contributed by atoms with Gasteiger partial charge >= 0.3 is 0 Å². The number of nitrogens with zero attached hydrogens (tertiary/aromatic N) is 5. The molecule has 0 aliphatic rings. The highest BCUT2D eigenvalue weighted by Gasteiger charge is 2.22. The smallest absolute Gasteiger partial charge is 0.266 e. The number of carbonyl (C=O) groups excluding carboxylic acids is 2. The Kier molecular flexibility index (Phi) is 6.33. The highest BCUT2D eigenvalue weighted by Crippen LogP contribution is 2.26. The Balaban J connectivity index is 1.77. The second-order valence-corrected chi connectivity index (χ2v) is 7.72. The number of hydrogen-bond acceptors (Lipinski definition) is 6. The Hall–Kier alpha value is -3.13. The molecule has 0 aliphatic carbocycles. The molecule has 150 valence electrons. The molecule has 0 fully saturated rings. The van der Waals surface area contributed by atoms with Gasteiger partial charge in [-0.25, -0.2) is 15.0 Å². The van der Waals surface area contributed by atoms with Crippen LogP contribution in [0.4, 0.5) is 0 Å². The number of amides is 2. The molecule has 8 heteroatoms. The van der Waals surface area contributed by atoms with Crippen molar-refractivity contribution in [1.82, 2.24) is 24.8 Å². The van der Waals surface area contributed by atoms with Crippen molar-refractivity contribution in [3.8, 4) is 10.8 Å². The molecule has 2 amide bonds. The average molecular weight is 410 g/mol. The van der Waals surface area contributed by atoms with Gasteiger partial charge in [-0.15, -0.1) is 11.3 Å². The summed E-state index contributed by atoms with van der Waals surface area (Å²) in [6.07, 6.45) is 3.31. The van der Waals surface area contributed by atoms with Crippen LogP contribution in [0, 0.1) is 6.92 Å². The first-order chi connectivity index (χ1) is 13.9. The Bertz CT molecular complexity index is 1000. The summed E-state index contributed by atoms with van der Waals surface area (Å²) in [6, 6.07) is 9.09. The minimum Gasteiger partial charge on any atom is -0.345 e. The molecule has 29 heavy (non-hydrogen) atoms. The number of thiazole rings is 1. The van der Waals surface area contributed by atoms with Crippen molar-refractivity contribution >= 4 is 23.2 Å². The van der Waals surface area contributed by atoms with Crippen LogP contribution in [-0.2, 0) is 6.54 Å². The van der Waals surface area contributed by atoms with Gasteiger partial charge in [-0.1, -0.05) is 12.1 Å². The zero-order chi connectivity index (χ0) is 21.0. The van der Waals surface area contributed by atoms with Crippen molar-refractivity contribution in [3.63, 3.8) is 0 Å². The standard InChI is InChI=1S/C21H23N5O2S/c1-5-26(13-15-7-9-16(10-8-15)20(27)25(3)4)21(28)17-14(2)24-19(29-17)18-22-11-6-12-23-18/h6-12H,5,13H2,1-4H3. The van der Waals surface area contributed by atoms with Gasteiger partial charge < -0.3 is 9.80 Å². The van der Waals surface area contributed by atoms with Crippen molar-refractivity contribution < 1.29 is 9.59 Å². The van der Waals surface area contributed by atoms with E-state index < -0.39 is 0 Å².